The van der Waals surface area contributed by atoms with Crippen molar-refractivity contribution in [1.82, 2.24) is 5.32 Å². The van der Waals surface area contributed by atoms with E-state index in [1.54, 1.807) is 12.1 Å². The van der Waals surface area contributed by atoms with Gasteiger partial charge in [-0.3, -0.25) is 4.79 Å². The molecule has 6 heteroatoms. The number of benzene rings is 2. The van der Waals surface area contributed by atoms with Gasteiger partial charge in [-0.15, -0.1) is 0 Å². The van der Waals surface area contributed by atoms with Gasteiger partial charge in [-0.2, -0.15) is 5.26 Å². The highest BCUT2D eigenvalue weighted by Gasteiger charge is 2.17. The molecule has 0 saturated carbocycles. The minimum Gasteiger partial charge on any atom is -0.489 e. The standard InChI is InChI=1S/C22H21ClN2O3/c23-21-9-2-1-6-17(21)15-28-19-7-3-5-16(12-19)11-18(13-24)22(26)25-14-20-8-4-10-27-20/h1-3,5-7,9,11-12,20H,4,8,10,14-15H2,(H,25,26)/b18-11+/t20-/m0/s1. The van der Waals surface area contributed by atoms with Gasteiger partial charge in [0.1, 0.15) is 24.0 Å². The first-order valence-electron chi connectivity index (χ1n) is 9.13. The Balaban J connectivity index is 1.63. The van der Waals surface area contributed by atoms with E-state index < -0.39 is 5.91 Å². The lowest BCUT2D eigenvalue weighted by Gasteiger charge is -2.10. The average Bonchev–Trinajstić information content (AvgIpc) is 3.23. The molecule has 1 fully saturated rings. The predicted octanol–water partition coefficient (Wildman–Crippen LogP) is 4.12. The number of nitrogens with one attached hydrogen (secondary N) is 1. The molecule has 1 atom stereocenters. The molecule has 5 nitrogen and oxygen atoms in total. The summed E-state index contributed by atoms with van der Waals surface area (Å²) >= 11 is 6.14. The molecule has 0 bridgehead atoms. The fraction of sp³-hybridized carbons (Fsp3) is 0.273. The minimum atomic E-state index is -0.402. The quantitative estimate of drug-likeness (QED) is 0.564. The first-order chi connectivity index (χ1) is 13.7. The molecule has 2 aromatic carbocycles. The van der Waals surface area contributed by atoms with E-state index in [4.69, 9.17) is 21.1 Å². The Morgan fingerprint density at radius 1 is 1.32 bits per heavy atom. The summed E-state index contributed by atoms with van der Waals surface area (Å²) < 4.78 is 11.3. The van der Waals surface area contributed by atoms with Crippen LogP contribution in [0.4, 0.5) is 0 Å². The van der Waals surface area contributed by atoms with Crippen LogP contribution in [-0.2, 0) is 16.1 Å². The summed E-state index contributed by atoms with van der Waals surface area (Å²) in [5, 5.41) is 12.8. The number of halogens is 1. The highest BCUT2D eigenvalue weighted by Crippen LogP contribution is 2.20. The fourth-order valence-corrected chi connectivity index (χ4v) is 3.08. The Labute approximate surface area is 169 Å². The molecule has 1 amide bonds. The smallest absolute Gasteiger partial charge is 0.262 e. The van der Waals surface area contributed by atoms with Crippen LogP contribution in [0.15, 0.2) is 54.1 Å². The highest BCUT2D eigenvalue weighted by molar-refractivity contribution is 6.31. The number of hydrogen-bond donors (Lipinski definition) is 1. The largest absolute Gasteiger partial charge is 0.489 e. The predicted molar refractivity (Wildman–Crippen MR) is 108 cm³/mol. The summed E-state index contributed by atoms with van der Waals surface area (Å²) in [6, 6.07) is 16.7. The number of hydrogen-bond acceptors (Lipinski definition) is 4. The molecule has 2 aromatic rings. The number of rotatable bonds is 7. The zero-order valence-electron chi connectivity index (χ0n) is 15.4. The Hall–Kier alpha value is -2.81. The van der Waals surface area contributed by atoms with Gasteiger partial charge in [-0.25, -0.2) is 0 Å². The molecule has 1 saturated heterocycles. The normalized spacial score (nSPS) is 16.4. The van der Waals surface area contributed by atoms with Crippen molar-refractivity contribution in [3.05, 3.63) is 70.3 Å². The van der Waals surface area contributed by atoms with Crippen molar-refractivity contribution >= 4 is 23.6 Å². The first-order valence-corrected chi connectivity index (χ1v) is 9.51. The Morgan fingerprint density at radius 2 is 2.18 bits per heavy atom. The molecule has 0 spiro atoms. The molecule has 28 heavy (non-hydrogen) atoms. The van der Waals surface area contributed by atoms with Crippen molar-refractivity contribution in [2.24, 2.45) is 0 Å². The number of carbonyl (C=O) groups is 1. The molecule has 1 N–H and O–H groups in total. The summed E-state index contributed by atoms with van der Waals surface area (Å²) in [5.74, 6) is 0.228. The lowest BCUT2D eigenvalue weighted by atomic mass is 10.1. The van der Waals surface area contributed by atoms with Gasteiger partial charge < -0.3 is 14.8 Å². The second-order valence-corrected chi connectivity index (χ2v) is 6.87. The molecule has 0 aliphatic carbocycles. The molecule has 0 radical (unpaired) electrons. The van der Waals surface area contributed by atoms with Crippen LogP contribution >= 0.6 is 11.6 Å². The maximum atomic E-state index is 12.3. The van der Waals surface area contributed by atoms with Gasteiger partial charge in [0.05, 0.1) is 6.10 Å². The van der Waals surface area contributed by atoms with E-state index in [-0.39, 0.29) is 11.7 Å². The summed E-state index contributed by atoms with van der Waals surface area (Å²) in [6.07, 6.45) is 3.51. The minimum absolute atomic E-state index is 0.0328. The van der Waals surface area contributed by atoms with Gasteiger partial charge in [-0.1, -0.05) is 41.9 Å². The van der Waals surface area contributed by atoms with E-state index in [0.717, 1.165) is 25.0 Å². The van der Waals surface area contributed by atoms with Crippen LogP contribution in [0.25, 0.3) is 6.08 Å². The summed E-state index contributed by atoms with van der Waals surface area (Å²) in [6.45, 7) is 1.47. The third kappa shape index (κ3) is 5.59. The number of nitriles is 1. The van der Waals surface area contributed by atoms with E-state index in [0.29, 0.717) is 29.5 Å². The molecule has 0 unspecified atom stereocenters. The van der Waals surface area contributed by atoms with E-state index in [1.807, 2.05) is 48.5 Å². The van der Waals surface area contributed by atoms with E-state index in [2.05, 4.69) is 5.32 Å². The van der Waals surface area contributed by atoms with Crippen LogP contribution in [0.1, 0.15) is 24.0 Å². The number of carbonyl (C=O) groups excluding carboxylic acids is 1. The first kappa shape index (κ1) is 19.9. The van der Waals surface area contributed by atoms with Crippen LogP contribution in [0.2, 0.25) is 5.02 Å². The highest BCUT2D eigenvalue weighted by atomic mass is 35.5. The van der Waals surface area contributed by atoms with Crippen molar-refractivity contribution in [2.45, 2.75) is 25.6 Å². The number of amides is 1. The maximum Gasteiger partial charge on any atom is 0.262 e. The SMILES string of the molecule is N#C/C(=C\c1cccc(OCc2ccccc2Cl)c1)C(=O)NC[C@@H]1CCCO1. The van der Waals surface area contributed by atoms with Crippen molar-refractivity contribution in [3.8, 4) is 11.8 Å². The summed E-state index contributed by atoms with van der Waals surface area (Å²) in [4.78, 5) is 12.3. The Bertz CT molecular complexity index is 899. The molecule has 3 rings (SSSR count). The molecule has 1 aliphatic heterocycles. The van der Waals surface area contributed by atoms with Crippen LogP contribution in [0.5, 0.6) is 5.75 Å². The van der Waals surface area contributed by atoms with Gasteiger partial charge in [0, 0.05) is 23.7 Å². The third-order valence-electron chi connectivity index (χ3n) is 4.40. The van der Waals surface area contributed by atoms with E-state index >= 15 is 0 Å². The molecule has 1 heterocycles. The van der Waals surface area contributed by atoms with Gasteiger partial charge in [0.2, 0.25) is 0 Å². The van der Waals surface area contributed by atoms with Crippen LogP contribution in [-0.4, -0.2) is 25.2 Å². The average molecular weight is 397 g/mol. The van der Waals surface area contributed by atoms with Crippen molar-refractivity contribution in [3.63, 3.8) is 0 Å². The molecule has 1 aliphatic rings. The van der Waals surface area contributed by atoms with Gasteiger partial charge in [0.15, 0.2) is 0 Å². The Morgan fingerprint density at radius 3 is 2.93 bits per heavy atom. The second-order valence-electron chi connectivity index (χ2n) is 6.47. The molecule has 0 aromatic heterocycles. The monoisotopic (exact) mass is 396 g/mol. The zero-order chi connectivity index (χ0) is 19.8. The van der Waals surface area contributed by atoms with Crippen molar-refractivity contribution < 1.29 is 14.3 Å². The van der Waals surface area contributed by atoms with Crippen LogP contribution in [0.3, 0.4) is 0 Å². The summed E-state index contributed by atoms with van der Waals surface area (Å²) in [5.41, 5.74) is 1.64. The van der Waals surface area contributed by atoms with Crippen molar-refractivity contribution in [1.29, 1.82) is 5.26 Å². The molecular formula is C22H21ClN2O3. The van der Waals surface area contributed by atoms with Gasteiger partial charge >= 0.3 is 0 Å². The lowest BCUT2D eigenvalue weighted by molar-refractivity contribution is -0.117. The number of ether oxygens (including phenoxy) is 2. The van der Waals surface area contributed by atoms with Crippen LogP contribution < -0.4 is 10.1 Å². The lowest BCUT2D eigenvalue weighted by Crippen LogP contribution is -2.32. The molecule has 144 valence electrons. The van der Waals surface area contributed by atoms with E-state index in [9.17, 15) is 10.1 Å². The van der Waals surface area contributed by atoms with Gasteiger partial charge in [-0.05, 0) is 42.7 Å². The van der Waals surface area contributed by atoms with Gasteiger partial charge in [0.25, 0.3) is 5.91 Å². The van der Waals surface area contributed by atoms with Crippen LogP contribution in [0, 0.1) is 11.3 Å². The third-order valence-corrected chi connectivity index (χ3v) is 4.77. The van der Waals surface area contributed by atoms with E-state index in [1.165, 1.54) is 0 Å². The second kappa shape index (κ2) is 9.93. The fourth-order valence-electron chi connectivity index (χ4n) is 2.89. The summed E-state index contributed by atoms with van der Waals surface area (Å²) in [7, 11) is 0. The molecular weight excluding hydrogens is 376 g/mol. The Kier molecular flexibility index (Phi) is 7.07. The number of nitrogens with zero attached hydrogens (tertiary/aromatic N) is 1. The van der Waals surface area contributed by atoms with Crippen molar-refractivity contribution in [2.75, 3.05) is 13.2 Å². The topological polar surface area (TPSA) is 71.3 Å². The maximum absolute atomic E-state index is 12.3. The zero-order valence-corrected chi connectivity index (χ0v) is 16.1.